The summed E-state index contributed by atoms with van der Waals surface area (Å²) in [6.07, 6.45) is 0.652. The van der Waals surface area contributed by atoms with Gasteiger partial charge in [0.1, 0.15) is 5.25 Å². The second-order valence-corrected chi connectivity index (χ2v) is 4.32. The molecule has 1 heterocycles. The van der Waals surface area contributed by atoms with Gasteiger partial charge in [0.15, 0.2) is 5.16 Å². The van der Waals surface area contributed by atoms with Gasteiger partial charge in [-0.25, -0.2) is 4.98 Å². The zero-order valence-electron chi connectivity index (χ0n) is 8.48. The zero-order chi connectivity index (χ0) is 11.4. The van der Waals surface area contributed by atoms with Gasteiger partial charge >= 0.3 is 5.97 Å². The van der Waals surface area contributed by atoms with Crippen LogP contribution in [0.25, 0.3) is 0 Å². The molecule has 1 atom stereocenters. The van der Waals surface area contributed by atoms with Crippen molar-refractivity contribution in [3.8, 4) is 0 Å². The molecule has 2 N–H and O–H groups in total. The molecular weight excluding hydrogens is 216 g/mol. The summed E-state index contributed by atoms with van der Waals surface area (Å²) >= 11 is 1.03. The van der Waals surface area contributed by atoms with Gasteiger partial charge in [-0.15, -0.1) is 0 Å². The van der Waals surface area contributed by atoms with Gasteiger partial charge < -0.3 is 10.1 Å². The number of hydrogen-bond acceptors (Lipinski definition) is 4. The molecule has 0 saturated carbocycles. The first kappa shape index (κ1) is 11.8. The number of hydrogen-bond donors (Lipinski definition) is 2. The van der Waals surface area contributed by atoms with Crippen LogP contribution in [0.5, 0.6) is 0 Å². The Labute approximate surface area is 90.9 Å². The molecule has 0 fully saturated rings. The van der Waals surface area contributed by atoms with Crippen molar-refractivity contribution in [3.63, 3.8) is 0 Å². The Morgan fingerprint density at radius 1 is 1.73 bits per heavy atom. The van der Waals surface area contributed by atoms with Gasteiger partial charge in [0.05, 0.1) is 0 Å². The normalized spacial score (nSPS) is 12.4. The van der Waals surface area contributed by atoms with E-state index < -0.39 is 11.2 Å². The molecule has 1 rings (SSSR count). The highest BCUT2D eigenvalue weighted by molar-refractivity contribution is 8.00. The number of carbonyl (C=O) groups is 1. The second kappa shape index (κ2) is 4.97. The van der Waals surface area contributed by atoms with Gasteiger partial charge in [-0.3, -0.25) is 9.59 Å². The first-order valence-corrected chi connectivity index (χ1v) is 5.40. The highest BCUT2D eigenvalue weighted by Gasteiger charge is 2.14. The van der Waals surface area contributed by atoms with Crippen LogP contribution >= 0.6 is 11.8 Å². The van der Waals surface area contributed by atoms with Crippen molar-refractivity contribution in [1.29, 1.82) is 0 Å². The Morgan fingerprint density at radius 2 is 2.40 bits per heavy atom. The van der Waals surface area contributed by atoms with Crippen molar-refractivity contribution in [3.05, 3.63) is 22.1 Å². The van der Waals surface area contributed by atoms with E-state index in [1.165, 1.54) is 6.07 Å². The number of carboxylic acid groups (broad SMARTS) is 1. The average molecular weight is 228 g/mol. The minimum atomic E-state index is -0.926. The molecule has 0 spiro atoms. The fourth-order valence-electron chi connectivity index (χ4n) is 0.938. The summed E-state index contributed by atoms with van der Waals surface area (Å²) in [6, 6.07) is 1.41. The lowest BCUT2D eigenvalue weighted by Gasteiger charge is -2.05. The van der Waals surface area contributed by atoms with Crippen LogP contribution in [-0.2, 0) is 11.2 Å². The lowest BCUT2D eigenvalue weighted by Crippen LogP contribution is -2.15. The van der Waals surface area contributed by atoms with Crippen molar-refractivity contribution >= 4 is 17.7 Å². The van der Waals surface area contributed by atoms with Crippen LogP contribution in [0.3, 0.4) is 0 Å². The molecule has 0 saturated heterocycles. The average Bonchev–Trinajstić information content (AvgIpc) is 2.16. The molecule has 82 valence electrons. The molecule has 0 aromatic carbocycles. The molecule has 0 amide bonds. The van der Waals surface area contributed by atoms with E-state index in [0.29, 0.717) is 17.3 Å². The molecule has 0 aliphatic carbocycles. The van der Waals surface area contributed by atoms with Crippen LogP contribution in [0, 0.1) is 0 Å². The number of nitrogens with one attached hydrogen (secondary N) is 1. The van der Waals surface area contributed by atoms with Crippen LogP contribution in [0.1, 0.15) is 19.5 Å². The summed E-state index contributed by atoms with van der Waals surface area (Å²) in [4.78, 5) is 28.4. The van der Waals surface area contributed by atoms with E-state index in [2.05, 4.69) is 9.97 Å². The third-order valence-electron chi connectivity index (χ3n) is 1.77. The number of H-pyrrole nitrogens is 1. The maximum absolute atomic E-state index is 11.2. The van der Waals surface area contributed by atoms with Crippen LogP contribution in [0.2, 0.25) is 0 Å². The van der Waals surface area contributed by atoms with Gasteiger partial charge in [-0.1, -0.05) is 18.7 Å². The van der Waals surface area contributed by atoms with E-state index in [1.54, 1.807) is 6.92 Å². The van der Waals surface area contributed by atoms with E-state index >= 15 is 0 Å². The second-order valence-electron chi connectivity index (χ2n) is 2.99. The maximum Gasteiger partial charge on any atom is 0.316 e. The quantitative estimate of drug-likeness (QED) is 0.591. The van der Waals surface area contributed by atoms with Crippen molar-refractivity contribution in [1.82, 2.24) is 9.97 Å². The van der Waals surface area contributed by atoms with Crippen molar-refractivity contribution in [2.75, 3.05) is 0 Å². The molecule has 0 radical (unpaired) electrons. The highest BCUT2D eigenvalue weighted by Crippen LogP contribution is 2.18. The Hall–Kier alpha value is -1.30. The molecule has 1 aromatic heterocycles. The number of thioether (sulfide) groups is 1. The van der Waals surface area contributed by atoms with E-state index in [0.717, 1.165) is 11.8 Å². The van der Waals surface area contributed by atoms with E-state index in [4.69, 9.17) is 5.11 Å². The molecule has 5 nitrogen and oxygen atoms in total. The fraction of sp³-hybridized carbons (Fsp3) is 0.444. The smallest absolute Gasteiger partial charge is 0.316 e. The molecule has 1 unspecified atom stereocenters. The Kier molecular flexibility index (Phi) is 3.90. The van der Waals surface area contributed by atoms with Gasteiger partial charge in [0.2, 0.25) is 0 Å². The Balaban J connectivity index is 2.90. The fourth-order valence-corrected chi connectivity index (χ4v) is 1.70. The topological polar surface area (TPSA) is 83.0 Å². The van der Waals surface area contributed by atoms with Gasteiger partial charge in [-0.2, -0.15) is 0 Å². The number of rotatable bonds is 4. The number of aryl methyl sites for hydroxylation is 1. The van der Waals surface area contributed by atoms with Crippen LogP contribution < -0.4 is 5.56 Å². The lowest BCUT2D eigenvalue weighted by molar-refractivity contribution is -0.136. The maximum atomic E-state index is 11.2. The van der Waals surface area contributed by atoms with E-state index in [-0.39, 0.29) is 5.56 Å². The van der Waals surface area contributed by atoms with Crippen LogP contribution in [0.4, 0.5) is 0 Å². The zero-order valence-corrected chi connectivity index (χ0v) is 9.30. The summed E-state index contributed by atoms with van der Waals surface area (Å²) in [7, 11) is 0. The van der Waals surface area contributed by atoms with Gasteiger partial charge in [-0.05, 0) is 13.3 Å². The van der Waals surface area contributed by atoms with Crippen molar-refractivity contribution in [2.24, 2.45) is 0 Å². The Morgan fingerprint density at radius 3 is 2.93 bits per heavy atom. The first-order chi connectivity index (χ1) is 7.02. The highest BCUT2D eigenvalue weighted by atomic mass is 32.2. The predicted molar refractivity (Wildman–Crippen MR) is 57.2 cm³/mol. The summed E-state index contributed by atoms with van der Waals surface area (Å²) in [5, 5.41) is 8.43. The molecule has 0 bridgehead atoms. The summed E-state index contributed by atoms with van der Waals surface area (Å²) in [6.45, 7) is 3.43. The Bertz CT molecular complexity index is 416. The summed E-state index contributed by atoms with van der Waals surface area (Å²) in [5.74, 6) is -0.926. The third kappa shape index (κ3) is 3.39. The van der Waals surface area contributed by atoms with Gasteiger partial charge in [0.25, 0.3) is 5.56 Å². The van der Waals surface area contributed by atoms with Gasteiger partial charge in [0, 0.05) is 11.8 Å². The standard InChI is InChI=1S/C9H12N2O3S/c1-3-6-4-7(12)11-9(10-6)15-5(2)8(13)14/h4-5H,3H2,1-2H3,(H,13,14)(H,10,11,12). The monoisotopic (exact) mass is 228 g/mol. The van der Waals surface area contributed by atoms with E-state index in [1.807, 2.05) is 6.92 Å². The predicted octanol–water partition coefficient (Wildman–Crippen LogP) is 0.897. The first-order valence-electron chi connectivity index (χ1n) is 4.52. The minimum Gasteiger partial charge on any atom is -0.480 e. The van der Waals surface area contributed by atoms with Crippen molar-refractivity contribution < 1.29 is 9.90 Å². The number of aliphatic carboxylic acids is 1. The number of carboxylic acids is 1. The molecule has 0 aliphatic rings. The third-order valence-corrected chi connectivity index (χ3v) is 2.74. The van der Waals surface area contributed by atoms with Crippen LogP contribution in [-0.4, -0.2) is 26.3 Å². The molecular formula is C9H12N2O3S. The number of aromatic nitrogens is 2. The number of nitrogens with zero attached hydrogens (tertiary/aromatic N) is 1. The number of aromatic amines is 1. The molecule has 0 aliphatic heterocycles. The molecule has 6 heteroatoms. The summed E-state index contributed by atoms with van der Waals surface area (Å²) < 4.78 is 0. The SMILES string of the molecule is CCc1cc(=O)[nH]c(SC(C)C(=O)O)n1. The largest absolute Gasteiger partial charge is 0.480 e. The lowest BCUT2D eigenvalue weighted by atomic mass is 10.3. The molecule has 1 aromatic rings. The molecule has 15 heavy (non-hydrogen) atoms. The van der Waals surface area contributed by atoms with Crippen molar-refractivity contribution in [2.45, 2.75) is 30.7 Å². The minimum absolute atomic E-state index is 0.248. The van der Waals surface area contributed by atoms with Crippen LogP contribution in [0.15, 0.2) is 16.0 Å². The summed E-state index contributed by atoms with van der Waals surface area (Å²) in [5.41, 5.74) is 0.417. The van der Waals surface area contributed by atoms with E-state index in [9.17, 15) is 9.59 Å².